The Labute approximate surface area is 90.9 Å². The van der Waals surface area contributed by atoms with Crippen molar-refractivity contribution in [2.24, 2.45) is 0 Å². The standard InChI is InChI=1S/C13H15NO/c1-3-14(4-2)13(15)11-10-12-8-6-5-7-9-12/h5-9H,3-4H2,1-2H3. The Bertz CT molecular complexity index is 369. The maximum absolute atomic E-state index is 11.5. The van der Waals surface area contributed by atoms with Gasteiger partial charge in [-0.1, -0.05) is 24.1 Å². The summed E-state index contributed by atoms with van der Waals surface area (Å²) in [6.07, 6.45) is 0. The van der Waals surface area contributed by atoms with Gasteiger partial charge >= 0.3 is 0 Å². The number of benzene rings is 1. The van der Waals surface area contributed by atoms with Crippen LogP contribution in [0.15, 0.2) is 30.3 Å². The Balaban J connectivity index is 2.70. The molecule has 0 unspecified atom stereocenters. The molecule has 0 fully saturated rings. The quantitative estimate of drug-likeness (QED) is 0.669. The minimum absolute atomic E-state index is 0.108. The second-order valence-electron chi connectivity index (χ2n) is 3.09. The molecule has 0 aliphatic rings. The van der Waals surface area contributed by atoms with Crippen molar-refractivity contribution in [3.63, 3.8) is 0 Å². The number of hydrogen-bond donors (Lipinski definition) is 0. The highest BCUT2D eigenvalue weighted by Gasteiger charge is 2.04. The zero-order valence-electron chi connectivity index (χ0n) is 9.16. The molecule has 2 nitrogen and oxygen atoms in total. The molecule has 0 heterocycles. The molecule has 15 heavy (non-hydrogen) atoms. The number of amides is 1. The first kappa shape index (κ1) is 11.3. The minimum atomic E-state index is -0.108. The van der Waals surface area contributed by atoms with Crippen LogP contribution >= 0.6 is 0 Å². The smallest absolute Gasteiger partial charge is 0.298 e. The molecule has 1 aromatic carbocycles. The van der Waals surface area contributed by atoms with E-state index >= 15 is 0 Å². The Morgan fingerprint density at radius 2 is 1.80 bits per heavy atom. The zero-order valence-corrected chi connectivity index (χ0v) is 9.16. The molecule has 0 aliphatic heterocycles. The van der Waals surface area contributed by atoms with Crippen molar-refractivity contribution in [1.29, 1.82) is 0 Å². The maximum Gasteiger partial charge on any atom is 0.298 e. The first-order chi connectivity index (χ1) is 7.27. The van der Waals surface area contributed by atoms with E-state index in [1.807, 2.05) is 44.2 Å². The fourth-order valence-corrected chi connectivity index (χ4v) is 1.24. The summed E-state index contributed by atoms with van der Waals surface area (Å²) in [6.45, 7) is 5.31. The fraction of sp³-hybridized carbons (Fsp3) is 0.308. The van der Waals surface area contributed by atoms with E-state index in [4.69, 9.17) is 0 Å². The highest BCUT2D eigenvalue weighted by atomic mass is 16.2. The van der Waals surface area contributed by atoms with Crippen molar-refractivity contribution in [1.82, 2.24) is 4.90 Å². The molecule has 0 N–H and O–H groups in total. The average Bonchev–Trinajstić information content (AvgIpc) is 2.29. The molecule has 1 aromatic rings. The molecule has 1 amide bonds. The van der Waals surface area contributed by atoms with E-state index in [2.05, 4.69) is 11.8 Å². The molecule has 0 saturated heterocycles. The molecular formula is C13H15NO. The van der Waals surface area contributed by atoms with E-state index in [1.165, 1.54) is 0 Å². The second kappa shape index (κ2) is 5.87. The lowest BCUT2D eigenvalue weighted by Crippen LogP contribution is -2.29. The fourth-order valence-electron chi connectivity index (χ4n) is 1.24. The molecule has 0 aromatic heterocycles. The molecular weight excluding hydrogens is 186 g/mol. The summed E-state index contributed by atoms with van der Waals surface area (Å²) >= 11 is 0. The number of hydrogen-bond acceptors (Lipinski definition) is 1. The van der Waals surface area contributed by atoms with Gasteiger partial charge in [0.05, 0.1) is 0 Å². The van der Waals surface area contributed by atoms with E-state index in [-0.39, 0.29) is 5.91 Å². The van der Waals surface area contributed by atoms with Gasteiger partial charge in [-0.15, -0.1) is 0 Å². The van der Waals surface area contributed by atoms with E-state index < -0.39 is 0 Å². The normalized spacial score (nSPS) is 8.93. The topological polar surface area (TPSA) is 20.3 Å². The highest BCUT2D eigenvalue weighted by Crippen LogP contribution is 1.95. The molecule has 78 valence electrons. The zero-order chi connectivity index (χ0) is 11.1. The Hall–Kier alpha value is -1.75. The number of nitrogens with zero attached hydrogens (tertiary/aromatic N) is 1. The van der Waals surface area contributed by atoms with Crippen LogP contribution in [0.2, 0.25) is 0 Å². The predicted octanol–water partition coefficient (Wildman–Crippen LogP) is 1.91. The Kier molecular flexibility index (Phi) is 4.43. The van der Waals surface area contributed by atoms with E-state index in [0.717, 1.165) is 5.56 Å². The first-order valence-electron chi connectivity index (χ1n) is 5.14. The third-order valence-electron chi connectivity index (χ3n) is 2.14. The summed E-state index contributed by atoms with van der Waals surface area (Å²) in [5, 5.41) is 0. The van der Waals surface area contributed by atoms with Gasteiger partial charge in [-0.3, -0.25) is 4.79 Å². The van der Waals surface area contributed by atoms with Gasteiger partial charge in [0, 0.05) is 24.6 Å². The van der Waals surface area contributed by atoms with Crippen LogP contribution in [0.5, 0.6) is 0 Å². The minimum Gasteiger partial charge on any atom is -0.332 e. The number of rotatable bonds is 2. The van der Waals surface area contributed by atoms with Gasteiger partial charge in [0.2, 0.25) is 0 Å². The third kappa shape index (κ3) is 3.47. The predicted molar refractivity (Wildman–Crippen MR) is 61.2 cm³/mol. The molecule has 0 saturated carbocycles. The van der Waals surface area contributed by atoms with Crippen molar-refractivity contribution in [3.05, 3.63) is 35.9 Å². The third-order valence-corrected chi connectivity index (χ3v) is 2.14. The van der Waals surface area contributed by atoms with Crippen LogP contribution in [0.4, 0.5) is 0 Å². The second-order valence-corrected chi connectivity index (χ2v) is 3.09. The van der Waals surface area contributed by atoms with Crippen molar-refractivity contribution < 1.29 is 4.79 Å². The van der Waals surface area contributed by atoms with Gasteiger partial charge < -0.3 is 4.90 Å². The SMILES string of the molecule is CCN(CC)C(=O)C#Cc1ccccc1. The molecule has 1 rings (SSSR count). The van der Waals surface area contributed by atoms with Gasteiger partial charge in [-0.25, -0.2) is 0 Å². The summed E-state index contributed by atoms with van der Waals surface area (Å²) in [7, 11) is 0. The van der Waals surface area contributed by atoms with E-state index in [9.17, 15) is 4.79 Å². The highest BCUT2D eigenvalue weighted by molar-refractivity contribution is 5.94. The Morgan fingerprint density at radius 3 is 2.33 bits per heavy atom. The van der Waals surface area contributed by atoms with Gasteiger partial charge in [-0.2, -0.15) is 0 Å². The lowest BCUT2D eigenvalue weighted by molar-refractivity contribution is -0.124. The van der Waals surface area contributed by atoms with Gasteiger partial charge in [-0.05, 0) is 26.0 Å². The summed E-state index contributed by atoms with van der Waals surface area (Å²) in [5.41, 5.74) is 0.873. The van der Waals surface area contributed by atoms with Crippen molar-refractivity contribution in [2.75, 3.05) is 13.1 Å². The molecule has 0 radical (unpaired) electrons. The van der Waals surface area contributed by atoms with Crippen molar-refractivity contribution in [2.45, 2.75) is 13.8 Å². The molecule has 2 heteroatoms. The molecule has 0 aliphatic carbocycles. The summed E-state index contributed by atoms with van der Waals surface area (Å²) in [4.78, 5) is 13.2. The Morgan fingerprint density at radius 1 is 1.20 bits per heavy atom. The maximum atomic E-state index is 11.5. The van der Waals surface area contributed by atoms with Crippen molar-refractivity contribution in [3.8, 4) is 11.8 Å². The summed E-state index contributed by atoms with van der Waals surface area (Å²) in [6, 6.07) is 9.53. The van der Waals surface area contributed by atoms with Gasteiger partial charge in [0.25, 0.3) is 5.91 Å². The molecule has 0 spiro atoms. The number of carbonyl (C=O) groups is 1. The van der Waals surface area contributed by atoms with Crippen molar-refractivity contribution >= 4 is 5.91 Å². The monoisotopic (exact) mass is 201 g/mol. The van der Waals surface area contributed by atoms with Crippen LogP contribution in [0.1, 0.15) is 19.4 Å². The molecule has 0 atom stereocenters. The van der Waals surface area contributed by atoms with Crippen LogP contribution in [0, 0.1) is 11.8 Å². The van der Waals surface area contributed by atoms with Gasteiger partial charge in [0.15, 0.2) is 0 Å². The van der Waals surface area contributed by atoms with E-state index in [0.29, 0.717) is 13.1 Å². The van der Waals surface area contributed by atoms with E-state index in [1.54, 1.807) is 4.90 Å². The lowest BCUT2D eigenvalue weighted by Gasteiger charge is -2.14. The van der Waals surface area contributed by atoms with Gasteiger partial charge in [0.1, 0.15) is 0 Å². The molecule has 0 bridgehead atoms. The largest absolute Gasteiger partial charge is 0.332 e. The van der Waals surface area contributed by atoms with Crippen LogP contribution in [-0.4, -0.2) is 23.9 Å². The summed E-state index contributed by atoms with van der Waals surface area (Å²) in [5.74, 6) is 5.38. The lowest BCUT2D eigenvalue weighted by atomic mass is 10.2. The first-order valence-corrected chi connectivity index (χ1v) is 5.14. The van der Waals surface area contributed by atoms with Crippen LogP contribution < -0.4 is 0 Å². The van der Waals surface area contributed by atoms with Crippen LogP contribution in [-0.2, 0) is 4.79 Å². The van der Waals surface area contributed by atoms with Crippen LogP contribution in [0.3, 0.4) is 0 Å². The van der Waals surface area contributed by atoms with Crippen LogP contribution in [0.25, 0.3) is 0 Å². The number of carbonyl (C=O) groups excluding carboxylic acids is 1. The summed E-state index contributed by atoms with van der Waals surface area (Å²) < 4.78 is 0. The average molecular weight is 201 g/mol.